The highest BCUT2D eigenvalue weighted by molar-refractivity contribution is 7.89. The molecule has 2 bridgehead atoms. The first-order valence-corrected chi connectivity index (χ1v) is 11.9. The van der Waals surface area contributed by atoms with Crippen molar-refractivity contribution in [3.8, 4) is 0 Å². The van der Waals surface area contributed by atoms with Crippen molar-refractivity contribution < 1.29 is 36.6 Å². The van der Waals surface area contributed by atoms with Gasteiger partial charge in [0.25, 0.3) is 5.91 Å². The summed E-state index contributed by atoms with van der Waals surface area (Å²) in [7, 11) is -4.18. The SMILES string of the molecule is O=C(Nc1cc(F)c(F)c(F)c1)c1ccc(Cl)c(S(=O)(=O)N2C3CCC2CC(O)(CO)C3)c1. The summed E-state index contributed by atoms with van der Waals surface area (Å²) in [5.74, 6) is -5.55. The molecule has 0 aliphatic carbocycles. The van der Waals surface area contributed by atoms with E-state index in [9.17, 15) is 36.6 Å². The summed E-state index contributed by atoms with van der Waals surface area (Å²) in [5, 5.41) is 22.0. The Morgan fingerprint density at radius 2 is 1.70 bits per heavy atom. The van der Waals surface area contributed by atoms with Gasteiger partial charge in [0.2, 0.25) is 10.0 Å². The highest BCUT2D eigenvalue weighted by Gasteiger charge is 2.52. The molecule has 2 aromatic carbocycles. The highest BCUT2D eigenvalue weighted by atomic mass is 35.5. The van der Waals surface area contributed by atoms with Crippen LogP contribution in [0.1, 0.15) is 36.0 Å². The van der Waals surface area contributed by atoms with Crippen molar-refractivity contribution in [3.63, 3.8) is 0 Å². The van der Waals surface area contributed by atoms with E-state index in [2.05, 4.69) is 5.32 Å². The van der Waals surface area contributed by atoms with Gasteiger partial charge >= 0.3 is 0 Å². The second-order valence-electron chi connectivity index (χ2n) is 8.36. The predicted molar refractivity (Wildman–Crippen MR) is 113 cm³/mol. The third-order valence-electron chi connectivity index (χ3n) is 6.07. The number of piperidine rings is 1. The number of carbonyl (C=O) groups is 1. The van der Waals surface area contributed by atoms with Crippen molar-refractivity contribution in [1.29, 1.82) is 0 Å². The number of fused-ring (bicyclic) bond motifs is 2. The largest absolute Gasteiger partial charge is 0.393 e. The number of halogens is 4. The van der Waals surface area contributed by atoms with Crippen LogP contribution >= 0.6 is 11.6 Å². The first-order valence-electron chi connectivity index (χ1n) is 10.1. The third-order valence-corrected chi connectivity index (χ3v) is 8.56. The fourth-order valence-corrected chi connectivity index (χ4v) is 6.96. The Morgan fingerprint density at radius 1 is 1.12 bits per heavy atom. The Hall–Kier alpha value is -2.18. The van der Waals surface area contributed by atoms with E-state index < -0.39 is 57.7 Å². The predicted octanol–water partition coefficient (Wildman–Crippen LogP) is 3.05. The van der Waals surface area contributed by atoms with Crippen molar-refractivity contribution in [2.24, 2.45) is 0 Å². The van der Waals surface area contributed by atoms with Gasteiger partial charge in [-0.3, -0.25) is 4.79 Å². The van der Waals surface area contributed by atoms with Gasteiger partial charge in [0, 0.05) is 35.5 Å². The third kappa shape index (κ3) is 4.35. The first kappa shape index (κ1) is 24.0. The van der Waals surface area contributed by atoms with E-state index in [1.807, 2.05) is 0 Å². The maximum absolute atomic E-state index is 13.5. The van der Waals surface area contributed by atoms with E-state index in [0.29, 0.717) is 25.0 Å². The van der Waals surface area contributed by atoms with E-state index >= 15 is 0 Å². The zero-order valence-corrected chi connectivity index (χ0v) is 18.6. The second-order valence-corrected chi connectivity index (χ2v) is 10.6. The number of sulfonamides is 1. The average Bonchev–Trinajstić information content (AvgIpc) is 3.05. The molecular weight excluding hydrogens is 485 g/mol. The molecule has 2 aliphatic rings. The number of amides is 1. The number of hydrogen-bond acceptors (Lipinski definition) is 5. The van der Waals surface area contributed by atoms with Gasteiger partial charge in [0.1, 0.15) is 4.90 Å². The van der Waals surface area contributed by atoms with Gasteiger partial charge in [0.15, 0.2) is 17.5 Å². The molecule has 2 fully saturated rings. The Labute approximate surface area is 192 Å². The van der Waals surface area contributed by atoms with Crippen LogP contribution in [-0.2, 0) is 10.0 Å². The summed E-state index contributed by atoms with van der Waals surface area (Å²) in [5.41, 5.74) is -1.87. The van der Waals surface area contributed by atoms with Crippen LogP contribution in [0.4, 0.5) is 18.9 Å². The lowest BCUT2D eigenvalue weighted by atomic mass is 9.88. The molecule has 2 unspecified atom stereocenters. The summed E-state index contributed by atoms with van der Waals surface area (Å²) in [6.45, 7) is -0.477. The van der Waals surface area contributed by atoms with E-state index in [0.717, 1.165) is 6.07 Å². The summed E-state index contributed by atoms with van der Waals surface area (Å²) in [4.78, 5) is 12.3. The second kappa shape index (κ2) is 8.55. The van der Waals surface area contributed by atoms with Gasteiger partial charge in [-0.2, -0.15) is 4.31 Å². The van der Waals surface area contributed by atoms with Crippen molar-refractivity contribution in [3.05, 3.63) is 58.4 Å². The number of benzene rings is 2. The van der Waals surface area contributed by atoms with E-state index in [4.69, 9.17) is 11.6 Å². The van der Waals surface area contributed by atoms with Crippen LogP contribution in [0.2, 0.25) is 5.02 Å². The minimum atomic E-state index is -4.18. The molecule has 3 N–H and O–H groups in total. The van der Waals surface area contributed by atoms with Crippen molar-refractivity contribution in [1.82, 2.24) is 4.31 Å². The van der Waals surface area contributed by atoms with Crippen molar-refractivity contribution in [2.45, 2.75) is 48.3 Å². The van der Waals surface area contributed by atoms with E-state index in [1.54, 1.807) is 0 Å². The standard InChI is InChI=1S/C21H20ClF3N2O5S/c22-15-4-1-11(20(29)26-12-6-16(23)19(25)17(24)7-12)5-18(15)33(31,32)27-13-2-3-14(27)9-21(30,8-13)10-28/h1,4-7,13-14,28,30H,2-3,8-10H2,(H,26,29). The zero-order valence-electron chi connectivity index (χ0n) is 17.1. The molecule has 2 aliphatic heterocycles. The van der Waals surface area contributed by atoms with E-state index in [1.165, 1.54) is 16.4 Å². The maximum Gasteiger partial charge on any atom is 0.255 e. The number of rotatable bonds is 5. The van der Waals surface area contributed by atoms with Crippen LogP contribution in [0.3, 0.4) is 0 Å². The number of anilines is 1. The Kier molecular flexibility index (Phi) is 6.21. The number of nitrogens with one attached hydrogen (secondary N) is 1. The molecular formula is C21H20ClF3N2O5S. The highest BCUT2D eigenvalue weighted by Crippen LogP contribution is 2.44. The van der Waals surface area contributed by atoms with E-state index in [-0.39, 0.29) is 34.0 Å². The Morgan fingerprint density at radius 3 is 2.24 bits per heavy atom. The normalized spacial score (nSPS) is 25.3. The minimum Gasteiger partial charge on any atom is -0.393 e. The van der Waals surface area contributed by atoms with Crippen LogP contribution in [0.15, 0.2) is 35.2 Å². The first-order chi connectivity index (χ1) is 15.4. The molecule has 4 rings (SSSR count). The molecule has 178 valence electrons. The van der Waals surface area contributed by atoms with Gasteiger partial charge in [-0.15, -0.1) is 0 Å². The summed E-state index contributed by atoms with van der Waals surface area (Å²) >= 11 is 6.16. The van der Waals surface area contributed by atoms with Gasteiger partial charge in [-0.25, -0.2) is 21.6 Å². The average molecular weight is 505 g/mol. The fourth-order valence-electron chi connectivity index (χ4n) is 4.59. The van der Waals surface area contributed by atoms with Gasteiger partial charge in [-0.1, -0.05) is 11.6 Å². The summed E-state index contributed by atoms with van der Waals surface area (Å²) in [6, 6.07) is 3.62. The molecule has 0 saturated carbocycles. The molecule has 2 saturated heterocycles. The molecule has 2 atom stereocenters. The molecule has 0 radical (unpaired) electrons. The maximum atomic E-state index is 13.5. The molecule has 12 heteroatoms. The van der Waals surface area contributed by atoms with Crippen LogP contribution in [-0.4, -0.2) is 53.1 Å². The van der Waals surface area contributed by atoms with Crippen molar-refractivity contribution >= 4 is 33.2 Å². The van der Waals surface area contributed by atoms with Crippen LogP contribution in [0.5, 0.6) is 0 Å². The zero-order chi connectivity index (χ0) is 24.1. The number of aliphatic hydroxyl groups excluding tert-OH is 1. The number of carbonyl (C=O) groups excluding carboxylic acids is 1. The number of aliphatic hydroxyl groups is 2. The molecule has 2 aromatic rings. The monoisotopic (exact) mass is 504 g/mol. The smallest absolute Gasteiger partial charge is 0.255 e. The lowest BCUT2D eigenvalue weighted by molar-refractivity contribution is -0.0663. The van der Waals surface area contributed by atoms with Gasteiger partial charge in [-0.05, 0) is 43.9 Å². The fraction of sp³-hybridized carbons (Fsp3) is 0.381. The number of nitrogens with zero attached hydrogens (tertiary/aromatic N) is 1. The quantitative estimate of drug-likeness (QED) is 0.543. The van der Waals surface area contributed by atoms with Crippen LogP contribution in [0.25, 0.3) is 0 Å². The Bertz CT molecular complexity index is 1190. The molecule has 0 aromatic heterocycles. The summed E-state index contributed by atoms with van der Waals surface area (Å²) < 4.78 is 68.2. The lowest BCUT2D eigenvalue weighted by Crippen LogP contribution is -2.54. The van der Waals surface area contributed by atoms with Crippen LogP contribution < -0.4 is 5.32 Å². The number of hydrogen-bond donors (Lipinski definition) is 3. The molecule has 1 amide bonds. The summed E-state index contributed by atoms with van der Waals surface area (Å²) in [6.07, 6.45) is 1.15. The molecule has 33 heavy (non-hydrogen) atoms. The molecule has 2 heterocycles. The van der Waals surface area contributed by atoms with Crippen molar-refractivity contribution in [2.75, 3.05) is 11.9 Å². The lowest BCUT2D eigenvalue weighted by Gasteiger charge is -2.42. The van der Waals surface area contributed by atoms with Gasteiger partial charge in [0.05, 0.1) is 17.2 Å². The Balaban J connectivity index is 1.63. The van der Waals surface area contributed by atoms with Crippen LogP contribution in [0, 0.1) is 17.5 Å². The van der Waals surface area contributed by atoms with Gasteiger partial charge < -0.3 is 15.5 Å². The molecule has 0 spiro atoms. The molecule has 7 nitrogen and oxygen atoms in total. The minimum absolute atomic E-state index is 0.0682. The topological polar surface area (TPSA) is 107 Å².